The first-order chi connectivity index (χ1) is 9.63. The van der Waals surface area contributed by atoms with Crippen molar-refractivity contribution in [1.29, 1.82) is 0 Å². The summed E-state index contributed by atoms with van der Waals surface area (Å²) in [6.07, 6.45) is 1.48. The Morgan fingerprint density at radius 1 is 1.30 bits per heavy atom. The molecule has 5 heteroatoms. The summed E-state index contributed by atoms with van der Waals surface area (Å²) >= 11 is 0. The molecule has 20 heavy (non-hydrogen) atoms. The van der Waals surface area contributed by atoms with Crippen LogP contribution in [0.25, 0.3) is 0 Å². The molecule has 5 nitrogen and oxygen atoms in total. The molecule has 0 spiro atoms. The highest BCUT2D eigenvalue weighted by atomic mass is 16.4. The van der Waals surface area contributed by atoms with Crippen molar-refractivity contribution in [3.05, 3.63) is 53.7 Å². The Bertz CT molecular complexity index is 599. The highest BCUT2D eigenvalue weighted by Gasteiger charge is 2.16. The number of nitrogens with two attached hydrogens (primary N) is 1. The predicted octanol–water partition coefficient (Wildman–Crippen LogP) is 2.39. The first-order valence-electron chi connectivity index (χ1n) is 6.40. The number of nitrogens with zero attached hydrogens (tertiary/aromatic N) is 2. The molecule has 0 saturated carbocycles. The number of carboxylic acid groups (broad SMARTS) is 1. The zero-order valence-electron chi connectivity index (χ0n) is 11.3. The van der Waals surface area contributed by atoms with E-state index in [0.29, 0.717) is 18.9 Å². The topological polar surface area (TPSA) is 79.5 Å². The third-order valence-electron chi connectivity index (χ3n) is 3.10. The highest BCUT2D eigenvalue weighted by Crippen LogP contribution is 2.25. The van der Waals surface area contributed by atoms with Crippen molar-refractivity contribution in [2.45, 2.75) is 13.5 Å². The monoisotopic (exact) mass is 271 g/mol. The van der Waals surface area contributed by atoms with Gasteiger partial charge in [-0.25, -0.2) is 9.78 Å². The molecule has 0 atom stereocenters. The van der Waals surface area contributed by atoms with Gasteiger partial charge in [0.1, 0.15) is 0 Å². The summed E-state index contributed by atoms with van der Waals surface area (Å²) in [5, 5.41) is 9.11. The summed E-state index contributed by atoms with van der Waals surface area (Å²) in [6, 6.07) is 11.3. The zero-order valence-corrected chi connectivity index (χ0v) is 11.3. The summed E-state index contributed by atoms with van der Waals surface area (Å²) in [5.74, 6) is -0.529. The SMILES string of the molecule is CCN(Cc1ccccc1)c1nccc(C(=O)O)c1N. The smallest absolute Gasteiger partial charge is 0.337 e. The van der Waals surface area contributed by atoms with Gasteiger partial charge in [0.25, 0.3) is 0 Å². The van der Waals surface area contributed by atoms with Crippen molar-refractivity contribution in [3.63, 3.8) is 0 Å². The molecule has 0 radical (unpaired) electrons. The van der Waals surface area contributed by atoms with E-state index < -0.39 is 5.97 Å². The molecule has 0 aliphatic heterocycles. The summed E-state index contributed by atoms with van der Waals surface area (Å²) in [6.45, 7) is 3.31. The molecule has 1 aromatic heterocycles. The number of carbonyl (C=O) groups is 1. The number of pyridine rings is 1. The highest BCUT2D eigenvalue weighted by molar-refractivity contribution is 5.96. The third kappa shape index (κ3) is 2.88. The zero-order chi connectivity index (χ0) is 14.5. The van der Waals surface area contributed by atoms with Crippen molar-refractivity contribution < 1.29 is 9.90 Å². The van der Waals surface area contributed by atoms with E-state index in [4.69, 9.17) is 10.8 Å². The molecule has 0 fully saturated rings. The number of hydrogen-bond acceptors (Lipinski definition) is 4. The Morgan fingerprint density at radius 3 is 2.60 bits per heavy atom. The molecule has 0 amide bonds. The lowest BCUT2D eigenvalue weighted by Crippen LogP contribution is -2.25. The number of hydrogen-bond donors (Lipinski definition) is 2. The van der Waals surface area contributed by atoms with Crippen LogP contribution < -0.4 is 10.6 Å². The summed E-state index contributed by atoms with van der Waals surface area (Å²) in [7, 11) is 0. The van der Waals surface area contributed by atoms with Gasteiger partial charge in [0.2, 0.25) is 0 Å². The molecule has 1 heterocycles. The summed E-state index contributed by atoms with van der Waals surface area (Å²) in [4.78, 5) is 17.3. The third-order valence-corrected chi connectivity index (χ3v) is 3.10. The van der Waals surface area contributed by atoms with Gasteiger partial charge in [0.05, 0.1) is 11.3 Å². The minimum atomic E-state index is -1.04. The van der Waals surface area contributed by atoms with Crippen LogP contribution in [0.4, 0.5) is 11.5 Å². The van der Waals surface area contributed by atoms with Gasteiger partial charge in [-0.15, -0.1) is 0 Å². The minimum Gasteiger partial charge on any atom is -0.478 e. The second-order valence-electron chi connectivity index (χ2n) is 4.40. The number of nitrogen functional groups attached to an aromatic ring is 1. The van der Waals surface area contributed by atoms with Crippen molar-refractivity contribution in [3.8, 4) is 0 Å². The van der Waals surface area contributed by atoms with Crippen LogP contribution in [0, 0.1) is 0 Å². The van der Waals surface area contributed by atoms with Crippen molar-refractivity contribution >= 4 is 17.5 Å². The van der Waals surface area contributed by atoms with Crippen molar-refractivity contribution in [2.24, 2.45) is 0 Å². The Hall–Kier alpha value is -2.56. The number of carboxylic acids is 1. The van der Waals surface area contributed by atoms with Gasteiger partial charge < -0.3 is 15.7 Å². The maximum absolute atomic E-state index is 11.1. The van der Waals surface area contributed by atoms with Gasteiger partial charge in [-0.1, -0.05) is 30.3 Å². The first kappa shape index (κ1) is 13.9. The maximum Gasteiger partial charge on any atom is 0.337 e. The van der Waals surface area contributed by atoms with Crippen LogP contribution >= 0.6 is 0 Å². The van der Waals surface area contributed by atoms with Gasteiger partial charge in [-0.2, -0.15) is 0 Å². The standard InChI is InChI=1S/C15H17N3O2/c1-2-18(10-11-6-4-3-5-7-11)14-13(16)12(15(19)20)8-9-17-14/h3-9H,2,10,16H2,1H3,(H,19,20). The molecule has 3 N–H and O–H groups in total. The van der Waals surface area contributed by atoms with Gasteiger partial charge in [-0.3, -0.25) is 0 Å². The van der Waals surface area contributed by atoms with Gasteiger partial charge in [-0.05, 0) is 18.6 Å². The fourth-order valence-corrected chi connectivity index (χ4v) is 2.04. The van der Waals surface area contributed by atoms with Crippen molar-refractivity contribution in [1.82, 2.24) is 4.98 Å². The van der Waals surface area contributed by atoms with E-state index in [0.717, 1.165) is 5.56 Å². The normalized spacial score (nSPS) is 10.2. The van der Waals surface area contributed by atoms with E-state index in [1.807, 2.05) is 42.2 Å². The average Bonchev–Trinajstić information content (AvgIpc) is 2.46. The minimum absolute atomic E-state index is 0.0847. The maximum atomic E-state index is 11.1. The summed E-state index contributed by atoms with van der Waals surface area (Å²) < 4.78 is 0. The lowest BCUT2D eigenvalue weighted by Gasteiger charge is -2.24. The molecule has 2 rings (SSSR count). The number of rotatable bonds is 5. The van der Waals surface area contributed by atoms with Crippen LogP contribution in [-0.4, -0.2) is 22.6 Å². The molecule has 0 aliphatic carbocycles. The van der Waals surface area contributed by atoms with E-state index in [9.17, 15) is 4.79 Å². The van der Waals surface area contributed by atoms with Gasteiger partial charge in [0.15, 0.2) is 5.82 Å². The van der Waals surface area contributed by atoms with E-state index in [1.54, 1.807) is 0 Å². The Morgan fingerprint density at radius 2 is 2.00 bits per heavy atom. The van der Waals surface area contributed by atoms with E-state index >= 15 is 0 Å². The quantitative estimate of drug-likeness (QED) is 0.872. The van der Waals surface area contributed by atoms with E-state index in [2.05, 4.69) is 4.98 Å². The second kappa shape index (κ2) is 6.06. The molecule has 0 aliphatic rings. The van der Waals surface area contributed by atoms with Crippen LogP contribution in [0.1, 0.15) is 22.8 Å². The van der Waals surface area contributed by atoms with Crippen LogP contribution in [0.5, 0.6) is 0 Å². The molecular formula is C15H17N3O2. The molecule has 0 bridgehead atoms. The average molecular weight is 271 g/mol. The molecule has 0 unspecified atom stereocenters. The molecular weight excluding hydrogens is 254 g/mol. The van der Waals surface area contributed by atoms with Gasteiger partial charge >= 0.3 is 5.97 Å². The van der Waals surface area contributed by atoms with E-state index in [-0.39, 0.29) is 11.3 Å². The molecule has 0 saturated heterocycles. The number of anilines is 2. The van der Waals surface area contributed by atoms with Crippen LogP contribution in [0.2, 0.25) is 0 Å². The lowest BCUT2D eigenvalue weighted by molar-refractivity contribution is 0.0698. The van der Waals surface area contributed by atoms with Crippen LogP contribution in [-0.2, 0) is 6.54 Å². The second-order valence-corrected chi connectivity index (χ2v) is 4.40. The van der Waals surface area contributed by atoms with E-state index in [1.165, 1.54) is 12.3 Å². The van der Waals surface area contributed by atoms with Crippen LogP contribution in [0.15, 0.2) is 42.6 Å². The number of aromatic nitrogens is 1. The fraction of sp³-hybridized carbons (Fsp3) is 0.200. The summed E-state index contributed by atoms with van der Waals surface area (Å²) in [5.41, 5.74) is 7.34. The van der Waals surface area contributed by atoms with Gasteiger partial charge in [0, 0.05) is 19.3 Å². The molecule has 2 aromatic rings. The molecule has 104 valence electrons. The number of aromatic carboxylic acids is 1. The lowest BCUT2D eigenvalue weighted by atomic mass is 10.2. The largest absolute Gasteiger partial charge is 0.478 e. The van der Waals surface area contributed by atoms with Crippen LogP contribution in [0.3, 0.4) is 0 Å². The Labute approximate surface area is 117 Å². The number of benzene rings is 1. The van der Waals surface area contributed by atoms with Crippen molar-refractivity contribution in [2.75, 3.05) is 17.2 Å². The molecule has 1 aromatic carbocycles. The Balaban J connectivity index is 2.33. The fourth-order valence-electron chi connectivity index (χ4n) is 2.04. The Kier molecular flexibility index (Phi) is 4.20. The first-order valence-corrected chi connectivity index (χ1v) is 6.40. The predicted molar refractivity (Wildman–Crippen MR) is 78.8 cm³/mol.